The Labute approximate surface area is 201 Å². The van der Waals surface area contributed by atoms with Crippen molar-refractivity contribution >= 4 is 22.5 Å². The fourth-order valence-corrected chi connectivity index (χ4v) is 3.81. The van der Waals surface area contributed by atoms with Gasteiger partial charge in [0.1, 0.15) is 18.1 Å². The van der Waals surface area contributed by atoms with Gasteiger partial charge in [0.15, 0.2) is 5.78 Å². The van der Waals surface area contributed by atoms with Crippen molar-refractivity contribution in [2.45, 2.75) is 52.5 Å². The summed E-state index contributed by atoms with van der Waals surface area (Å²) in [5.41, 5.74) is -0.106. The zero-order valence-electron chi connectivity index (χ0n) is 19.5. The fraction of sp³-hybridized carbons (Fsp3) is 0.333. The summed E-state index contributed by atoms with van der Waals surface area (Å²) in [4.78, 5) is 24.6. The molecule has 1 unspecified atom stereocenters. The van der Waals surface area contributed by atoms with Crippen LogP contribution in [-0.4, -0.2) is 23.2 Å². The lowest BCUT2D eigenvalue weighted by atomic mass is 9.82. The van der Waals surface area contributed by atoms with Gasteiger partial charge in [-0.25, -0.2) is 0 Å². The highest BCUT2D eigenvalue weighted by atomic mass is 19.4. The molecule has 0 bridgehead atoms. The maximum Gasteiger partial charge on any atom is 0.573 e. The van der Waals surface area contributed by atoms with E-state index >= 15 is 0 Å². The van der Waals surface area contributed by atoms with Crippen LogP contribution in [0.15, 0.2) is 60.7 Å². The number of rotatable bonds is 11. The zero-order chi connectivity index (χ0) is 25.6. The van der Waals surface area contributed by atoms with E-state index in [0.717, 1.165) is 5.39 Å². The summed E-state index contributed by atoms with van der Waals surface area (Å²) in [6, 6.07) is 16.3. The molecular formula is C27H27F3O5. The first-order valence-electron chi connectivity index (χ1n) is 11.3. The number of ketones is 1. The molecule has 3 aromatic carbocycles. The molecule has 0 aliphatic rings. The standard InChI is InChI=1S/C27H27F3O5/c1-3-26(2,25(32)33)15-7-12-23(31)22-14-13-19-9-4-5-11-21(19)24(22)34-17-18-8-6-10-20(16-18)35-27(28,29)30/h4-6,8-11,13-14,16H,3,7,12,15,17H2,1-2H3,(H,32,33). The van der Waals surface area contributed by atoms with E-state index in [9.17, 15) is 27.9 Å². The average Bonchev–Trinajstić information content (AvgIpc) is 2.81. The maximum absolute atomic E-state index is 13.1. The van der Waals surface area contributed by atoms with Crippen LogP contribution in [0.25, 0.3) is 10.8 Å². The van der Waals surface area contributed by atoms with Gasteiger partial charge in [0, 0.05) is 11.8 Å². The lowest BCUT2D eigenvalue weighted by Gasteiger charge is -2.22. The zero-order valence-corrected chi connectivity index (χ0v) is 19.5. The predicted octanol–water partition coefficient (Wildman–Crippen LogP) is 7.17. The van der Waals surface area contributed by atoms with E-state index in [1.165, 1.54) is 18.2 Å². The Morgan fingerprint density at radius 3 is 2.43 bits per heavy atom. The van der Waals surface area contributed by atoms with Crippen molar-refractivity contribution in [3.8, 4) is 11.5 Å². The smallest absolute Gasteiger partial charge is 0.487 e. The van der Waals surface area contributed by atoms with E-state index < -0.39 is 17.7 Å². The van der Waals surface area contributed by atoms with Crippen molar-refractivity contribution in [1.82, 2.24) is 0 Å². The van der Waals surface area contributed by atoms with E-state index in [0.29, 0.717) is 41.5 Å². The van der Waals surface area contributed by atoms with Gasteiger partial charge >= 0.3 is 12.3 Å². The number of Topliss-reactive ketones (excluding diaryl/α,β-unsaturated/α-hetero) is 1. The van der Waals surface area contributed by atoms with Crippen LogP contribution in [0, 0.1) is 5.41 Å². The number of carboxylic acids is 1. The minimum atomic E-state index is -4.80. The first-order valence-corrected chi connectivity index (χ1v) is 11.3. The number of halogens is 3. The van der Waals surface area contributed by atoms with Gasteiger partial charge in [-0.3, -0.25) is 9.59 Å². The molecule has 3 aromatic rings. The lowest BCUT2D eigenvalue weighted by molar-refractivity contribution is -0.274. The van der Waals surface area contributed by atoms with Gasteiger partial charge in [0.2, 0.25) is 0 Å². The summed E-state index contributed by atoms with van der Waals surface area (Å²) in [5, 5.41) is 11.0. The Morgan fingerprint density at radius 1 is 1.00 bits per heavy atom. The molecular weight excluding hydrogens is 461 g/mol. The van der Waals surface area contributed by atoms with Crippen LogP contribution >= 0.6 is 0 Å². The monoisotopic (exact) mass is 488 g/mol. The molecule has 0 saturated heterocycles. The first-order chi connectivity index (χ1) is 16.5. The number of fused-ring (bicyclic) bond motifs is 1. The molecule has 0 aromatic heterocycles. The van der Waals surface area contributed by atoms with Gasteiger partial charge in [-0.2, -0.15) is 0 Å². The molecule has 1 atom stereocenters. The Bertz CT molecular complexity index is 1200. The summed E-state index contributed by atoms with van der Waals surface area (Å²) in [6.07, 6.45) is -3.44. The molecule has 0 aliphatic carbocycles. The number of carbonyl (C=O) groups excluding carboxylic acids is 1. The predicted molar refractivity (Wildman–Crippen MR) is 126 cm³/mol. The fourth-order valence-electron chi connectivity index (χ4n) is 3.81. The number of carbonyl (C=O) groups is 2. The second kappa shape index (κ2) is 10.8. The number of carboxylic acid groups (broad SMARTS) is 1. The van der Waals surface area contributed by atoms with E-state index in [2.05, 4.69) is 4.74 Å². The molecule has 0 fully saturated rings. The molecule has 8 heteroatoms. The highest BCUT2D eigenvalue weighted by Crippen LogP contribution is 2.34. The van der Waals surface area contributed by atoms with E-state index in [-0.39, 0.29) is 24.6 Å². The summed E-state index contributed by atoms with van der Waals surface area (Å²) in [5.74, 6) is -1.10. The summed E-state index contributed by atoms with van der Waals surface area (Å²) in [6.45, 7) is 3.40. The van der Waals surface area contributed by atoms with Gasteiger partial charge in [-0.15, -0.1) is 13.2 Å². The van der Waals surface area contributed by atoms with Gasteiger partial charge < -0.3 is 14.6 Å². The van der Waals surface area contributed by atoms with Crippen molar-refractivity contribution < 1.29 is 37.3 Å². The number of hydrogen-bond acceptors (Lipinski definition) is 4. The number of benzene rings is 3. The van der Waals surface area contributed by atoms with Crippen LogP contribution in [0.5, 0.6) is 11.5 Å². The Morgan fingerprint density at radius 2 is 1.74 bits per heavy atom. The Hall–Kier alpha value is -3.55. The number of ether oxygens (including phenoxy) is 2. The van der Waals surface area contributed by atoms with Crippen LogP contribution in [0.2, 0.25) is 0 Å². The summed E-state index contributed by atoms with van der Waals surface area (Å²) < 4.78 is 47.6. The molecule has 0 heterocycles. The second-order valence-electron chi connectivity index (χ2n) is 8.64. The second-order valence-corrected chi connectivity index (χ2v) is 8.64. The normalized spacial score (nSPS) is 13.3. The third kappa shape index (κ3) is 6.74. The SMILES string of the molecule is CCC(C)(CCCC(=O)c1ccc2ccccc2c1OCc1cccc(OC(F)(F)F)c1)C(=O)O. The van der Waals surface area contributed by atoms with Gasteiger partial charge in [0.05, 0.1) is 11.0 Å². The Kier molecular flexibility index (Phi) is 8.04. The van der Waals surface area contributed by atoms with Crippen molar-refractivity contribution in [2.75, 3.05) is 0 Å². The number of hydrogen-bond donors (Lipinski definition) is 1. The molecule has 0 radical (unpaired) electrons. The van der Waals surface area contributed by atoms with E-state index in [1.54, 1.807) is 38.1 Å². The number of aliphatic carboxylic acids is 1. The quantitative estimate of drug-likeness (QED) is 0.290. The third-order valence-corrected chi connectivity index (χ3v) is 6.12. The molecule has 35 heavy (non-hydrogen) atoms. The minimum Gasteiger partial charge on any atom is -0.487 e. The minimum absolute atomic E-state index is 0.0732. The highest BCUT2D eigenvalue weighted by molar-refractivity contribution is 6.04. The van der Waals surface area contributed by atoms with Crippen LogP contribution in [0.4, 0.5) is 13.2 Å². The average molecular weight is 489 g/mol. The molecule has 1 N–H and O–H groups in total. The summed E-state index contributed by atoms with van der Waals surface area (Å²) in [7, 11) is 0. The largest absolute Gasteiger partial charge is 0.573 e. The Balaban J connectivity index is 1.82. The first kappa shape index (κ1) is 26.1. The molecule has 0 saturated carbocycles. The van der Waals surface area contributed by atoms with Crippen molar-refractivity contribution in [3.05, 3.63) is 71.8 Å². The molecule has 0 spiro atoms. The van der Waals surface area contributed by atoms with Crippen LogP contribution < -0.4 is 9.47 Å². The molecule has 186 valence electrons. The summed E-state index contributed by atoms with van der Waals surface area (Å²) >= 11 is 0. The van der Waals surface area contributed by atoms with Crippen molar-refractivity contribution in [1.29, 1.82) is 0 Å². The van der Waals surface area contributed by atoms with E-state index in [4.69, 9.17) is 4.74 Å². The van der Waals surface area contributed by atoms with Gasteiger partial charge in [0.25, 0.3) is 0 Å². The molecule has 0 aliphatic heterocycles. The topological polar surface area (TPSA) is 72.8 Å². The van der Waals surface area contributed by atoms with Gasteiger partial charge in [-0.1, -0.05) is 49.4 Å². The molecule has 5 nitrogen and oxygen atoms in total. The molecule has 0 amide bonds. The third-order valence-electron chi connectivity index (χ3n) is 6.12. The van der Waals surface area contributed by atoms with Crippen LogP contribution in [-0.2, 0) is 11.4 Å². The van der Waals surface area contributed by atoms with Crippen molar-refractivity contribution in [2.24, 2.45) is 5.41 Å². The maximum atomic E-state index is 13.1. The van der Waals surface area contributed by atoms with E-state index in [1.807, 2.05) is 18.2 Å². The highest BCUT2D eigenvalue weighted by Gasteiger charge is 2.31. The number of alkyl halides is 3. The van der Waals surface area contributed by atoms with Crippen LogP contribution in [0.3, 0.4) is 0 Å². The van der Waals surface area contributed by atoms with Crippen LogP contribution in [0.1, 0.15) is 55.5 Å². The van der Waals surface area contributed by atoms with Crippen molar-refractivity contribution in [3.63, 3.8) is 0 Å². The molecule has 3 rings (SSSR count). The van der Waals surface area contributed by atoms with Gasteiger partial charge in [-0.05, 0) is 55.3 Å². The lowest BCUT2D eigenvalue weighted by Crippen LogP contribution is -2.26.